The molecule has 21 heavy (non-hydrogen) atoms. The molecule has 1 amide bonds. The van der Waals surface area contributed by atoms with E-state index in [1.165, 1.54) is 17.7 Å². The van der Waals surface area contributed by atoms with Gasteiger partial charge in [0.25, 0.3) is 5.91 Å². The number of carbonyl (C=O) groups excluding carboxylic acids is 1. The Labute approximate surface area is 132 Å². The lowest BCUT2D eigenvalue weighted by Crippen LogP contribution is -2.11. The Kier molecular flexibility index (Phi) is 3.80. The maximum absolute atomic E-state index is 12.2. The lowest BCUT2D eigenvalue weighted by molar-refractivity contribution is 0.103. The van der Waals surface area contributed by atoms with Crippen molar-refractivity contribution in [2.75, 3.05) is 5.32 Å². The molecule has 0 fully saturated rings. The number of hydrogen-bond donors (Lipinski definition) is 1. The fourth-order valence-electron chi connectivity index (χ4n) is 1.85. The van der Waals surface area contributed by atoms with Gasteiger partial charge in [-0.25, -0.2) is 4.68 Å². The van der Waals surface area contributed by atoms with Crippen molar-refractivity contribution >= 4 is 38.9 Å². The number of aromatic nitrogens is 4. The van der Waals surface area contributed by atoms with Gasteiger partial charge in [0.2, 0.25) is 0 Å². The smallest absolute Gasteiger partial charge is 0.266 e. The highest BCUT2D eigenvalue weighted by Gasteiger charge is 2.12. The van der Waals surface area contributed by atoms with Crippen LogP contribution < -0.4 is 5.32 Å². The van der Waals surface area contributed by atoms with E-state index in [1.807, 2.05) is 36.6 Å². The van der Waals surface area contributed by atoms with Crippen molar-refractivity contribution in [1.29, 1.82) is 0 Å². The van der Waals surface area contributed by atoms with Gasteiger partial charge in [-0.1, -0.05) is 6.07 Å². The molecule has 0 atom stereocenters. The van der Waals surface area contributed by atoms with E-state index in [1.54, 1.807) is 4.68 Å². The first-order valence-corrected chi connectivity index (χ1v) is 7.71. The van der Waals surface area contributed by atoms with Gasteiger partial charge < -0.3 is 5.32 Å². The second kappa shape index (κ2) is 5.74. The summed E-state index contributed by atoms with van der Waals surface area (Å²) in [5, 5.41) is 15.9. The third kappa shape index (κ3) is 2.86. The Bertz CT molecular complexity index is 784. The van der Waals surface area contributed by atoms with Crippen LogP contribution in [0.25, 0.3) is 5.69 Å². The highest BCUT2D eigenvalue weighted by Crippen LogP contribution is 2.24. The fraction of sp³-hybridized carbons (Fsp3) is 0.0769. The summed E-state index contributed by atoms with van der Waals surface area (Å²) in [6.45, 7) is 1.96. The van der Waals surface area contributed by atoms with Gasteiger partial charge in [-0.15, -0.1) is 16.4 Å². The summed E-state index contributed by atoms with van der Waals surface area (Å²) in [4.78, 5) is 12.8. The zero-order chi connectivity index (χ0) is 14.8. The molecular weight excluding hydrogens is 354 g/mol. The van der Waals surface area contributed by atoms with E-state index in [0.29, 0.717) is 10.6 Å². The molecular formula is C13H10BrN5OS. The summed E-state index contributed by atoms with van der Waals surface area (Å²) in [6, 6.07) is 7.45. The maximum Gasteiger partial charge on any atom is 0.266 e. The molecule has 0 unspecified atom stereocenters. The van der Waals surface area contributed by atoms with Crippen molar-refractivity contribution in [2.24, 2.45) is 0 Å². The number of nitrogens with zero attached hydrogens (tertiary/aromatic N) is 4. The van der Waals surface area contributed by atoms with Crippen LogP contribution in [0.2, 0.25) is 0 Å². The molecule has 2 heterocycles. The molecule has 0 saturated carbocycles. The van der Waals surface area contributed by atoms with Gasteiger partial charge in [0.05, 0.1) is 5.69 Å². The molecule has 2 aromatic heterocycles. The number of amides is 1. The van der Waals surface area contributed by atoms with E-state index in [-0.39, 0.29) is 5.91 Å². The number of rotatable bonds is 3. The maximum atomic E-state index is 12.2. The molecule has 0 aliphatic rings. The average Bonchev–Trinajstić information content (AvgIpc) is 3.12. The number of thiophene rings is 1. The normalized spacial score (nSPS) is 10.6. The van der Waals surface area contributed by atoms with Gasteiger partial charge in [0.15, 0.2) is 0 Å². The zero-order valence-electron chi connectivity index (χ0n) is 10.9. The SMILES string of the molecule is Cc1ccc(NC(=O)c2sccc2Br)cc1-n1cnnn1. The molecule has 0 bridgehead atoms. The van der Waals surface area contributed by atoms with Crippen LogP contribution >= 0.6 is 27.3 Å². The molecule has 1 aromatic carbocycles. The van der Waals surface area contributed by atoms with E-state index in [2.05, 4.69) is 36.8 Å². The highest BCUT2D eigenvalue weighted by atomic mass is 79.9. The van der Waals surface area contributed by atoms with Crippen LogP contribution in [0.4, 0.5) is 5.69 Å². The lowest BCUT2D eigenvalue weighted by Gasteiger charge is -2.09. The molecule has 106 valence electrons. The second-order valence-electron chi connectivity index (χ2n) is 4.31. The molecule has 3 rings (SSSR count). The minimum Gasteiger partial charge on any atom is -0.321 e. The summed E-state index contributed by atoms with van der Waals surface area (Å²) in [6.07, 6.45) is 1.52. The summed E-state index contributed by atoms with van der Waals surface area (Å²) < 4.78 is 2.35. The standard InChI is InChI=1S/C13H10BrN5OS/c1-8-2-3-9(6-11(8)19-7-15-17-18-19)16-13(20)12-10(14)4-5-21-12/h2-7H,1H3,(H,16,20). The first kappa shape index (κ1) is 13.9. The molecule has 0 radical (unpaired) electrons. The number of nitrogens with one attached hydrogen (secondary N) is 1. The minimum atomic E-state index is -0.150. The van der Waals surface area contributed by atoms with Gasteiger partial charge in [-0.2, -0.15) is 0 Å². The van der Waals surface area contributed by atoms with E-state index in [4.69, 9.17) is 0 Å². The number of tetrazole rings is 1. The fourth-order valence-corrected chi connectivity index (χ4v) is 3.30. The molecule has 0 aliphatic heterocycles. The first-order valence-electron chi connectivity index (χ1n) is 6.03. The van der Waals surface area contributed by atoms with Crippen molar-refractivity contribution in [3.63, 3.8) is 0 Å². The summed E-state index contributed by atoms with van der Waals surface area (Å²) in [5.41, 5.74) is 2.53. The Balaban J connectivity index is 1.89. The Morgan fingerprint density at radius 3 is 2.90 bits per heavy atom. The first-order chi connectivity index (χ1) is 10.1. The van der Waals surface area contributed by atoms with Crippen molar-refractivity contribution < 1.29 is 4.79 Å². The van der Waals surface area contributed by atoms with Gasteiger partial charge in [0, 0.05) is 10.2 Å². The number of carbonyl (C=O) groups is 1. The summed E-state index contributed by atoms with van der Waals surface area (Å²) in [7, 11) is 0. The topological polar surface area (TPSA) is 72.7 Å². The predicted molar refractivity (Wildman–Crippen MR) is 83.9 cm³/mol. The van der Waals surface area contributed by atoms with Crippen molar-refractivity contribution in [2.45, 2.75) is 6.92 Å². The van der Waals surface area contributed by atoms with E-state index in [0.717, 1.165) is 15.7 Å². The number of aryl methyl sites for hydroxylation is 1. The Hall–Kier alpha value is -2.06. The highest BCUT2D eigenvalue weighted by molar-refractivity contribution is 9.10. The second-order valence-corrected chi connectivity index (χ2v) is 6.08. The largest absolute Gasteiger partial charge is 0.321 e. The van der Waals surface area contributed by atoms with Crippen LogP contribution in [-0.4, -0.2) is 26.1 Å². The van der Waals surface area contributed by atoms with Crippen LogP contribution in [-0.2, 0) is 0 Å². The van der Waals surface area contributed by atoms with Crippen LogP contribution in [0.1, 0.15) is 15.2 Å². The Morgan fingerprint density at radius 2 is 2.24 bits per heavy atom. The molecule has 1 N–H and O–H groups in total. The van der Waals surface area contributed by atoms with Crippen LogP contribution in [0.5, 0.6) is 0 Å². The van der Waals surface area contributed by atoms with E-state index in [9.17, 15) is 4.79 Å². The predicted octanol–water partition coefficient (Wildman–Crippen LogP) is 3.05. The monoisotopic (exact) mass is 363 g/mol. The molecule has 8 heteroatoms. The van der Waals surface area contributed by atoms with Crippen molar-refractivity contribution in [1.82, 2.24) is 20.2 Å². The Morgan fingerprint density at radius 1 is 1.38 bits per heavy atom. The number of halogens is 1. The average molecular weight is 364 g/mol. The quantitative estimate of drug-likeness (QED) is 0.775. The van der Waals surface area contributed by atoms with Crippen LogP contribution in [0, 0.1) is 6.92 Å². The number of benzene rings is 1. The van der Waals surface area contributed by atoms with Gasteiger partial charge in [0.1, 0.15) is 11.2 Å². The van der Waals surface area contributed by atoms with Gasteiger partial charge >= 0.3 is 0 Å². The van der Waals surface area contributed by atoms with Crippen molar-refractivity contribution in [3.05, 3.63) is 50.9 Å². The van der Waals surface area contributed by atoms with Crippen molar-refractivity contribution in [3.8, 4) is 5.69 Å². The lowest BCUT2D eigenvalue weighted by atomic mass is 10.2. The summed E-state index contributed by atoms with van der Waals surface area (Å²) >= 11 is 4.74. The molecule has 0 aliphatic carbocycles. The van der Waals surface area contributed by atoms with Gasteiger partial charge in [-0.05, 0) is 62.4 Å². The number of hydrogen-bond acceptors (Lipinski definition) is 5. The van der Waals surface area contributed by atoms with Crippen LogP contribution in [0.3, 0.4) is 0 Å². The van der Waals surface area contributed by atoms with E-state index >= 15 is 0 Å². The third-order valence-corrected chi connectivity index (χ3v) is 4.72. The van der Waals surface area contributed by atoms with Crippen LogP contribution in [0.15, 0.2) is 40.4 Å². The molecule has 0 saturated heterocycles. The molecule has 0 spiro atoms. The summed E-state index contributed by atoms with van der Waals surface area (Å²) in [5.74, 6) is -0.150. The molecule has 3 aromatic rings. The molecule has 6 nitrogen and oxygen atoms in total. The minimum absolute atomic E-state index is 0.150. The zero-order valence-corrected chi connectivity index (χ0v) is 13.3. The number of anilines is 1. The van der Waals surface area contributed by atoms with Gasteiger partial charge in [-0.3, -0.25) is 4.79 Å². The third-order valence-electron chi connectivity index (χ3n) is 2.89. The van der Waals surface area contributed by atoms with E-state index < -0.39 is 0 Å².